The number of carbonyl (C=O) groups excluding carboxylic acids is 2. The first kappa shape index (κ1) is 15.6. The van der Waals surface area contributed by atoms with Crippen molar-refractivity contribution in [3.8, 4) is 0 Å². The van der Waals surface area contributed by atoms with Gasteiger partial charge in [0.2, 0.25) is 0 Å². The van der Waals surface area contributed by atoms with Crippen molar-refractivity contribution < 1.29 is 9.59 Å². The highest BCUT2D eigenvalue weighted by molar-refractivity contribution is 8.26. The van der Waals surface area contributed by atoms with Crippen LogP contribution in [0.15, 0.2) is 59.5 Å². The van der Waals surface area contributed by atoms with Crippen LogP contribution >= 0.6 is 24.0 Å². The predicted molar refractivity (Wildman–Crippen MR) is 97.0 cm³/mol. The molecule has 3 rings (SSSR count). The number of rotatable bonds is 2. The zero-order chi connectivity index (χ0) is 16.4. The van der Waals surface area contributed by atoms with Crippen LogP contribution in [0.3, 0.4) is 0 Å². The highest BCUT2D eigenvalue weighted by Gasteiger charge is 2.37. The summed E-state index contributed by atoms with van der Waals surface area (Å²) in [5.41, 5.74) is 2.32. The van der Waals surface area contributed by atoms with Crippen LogP contribution in [0, 0.1) is 6.92 Å². The fraction of sp³-hybridized carbons (Fsp3) is 0.0556. The number of nitrogens with zero attached hydrogens (tertiary/aromatic N) is 1. The summed E-state index contributed by atoms with van der Waals surface area (Å²) in [5, 5.41) is 0. The van der Waals surface area contributed by atoms with Gasteiger partial charge in [0.15, 0.2) is 4.32 Å². The summed E-state index contributed by atoms with van der Waals surface area (Å²) in [5.74, 6) is -0.747. The van der Waals surface area contributed by atoms with Crippen molar-refractivity contribution in [2.75, 3.05) is 0 Å². The van der Waals surface area contributed by atoms with E-state index < -0.39 is 0 Å². The Morgan fingerprint density at radius 1 is 1.13 bits per heavy atom. The molecule has 0 aromatic heterocycles. The van der Waals surface area contributed by atoms with Crippen LogP contribution in [0.1, 0.15) is 21.5 Å². The zero-order valence-electron chi connectivity index (χ0n) is 12.4. The van der Waals surface area contributed by atoms with Gasteiger partial charge in [0.1, 0.15) is 0 Å². The molecule has 1 aliphatic rings. The lowest BCUT2D eigenvalue weighted by Gasteiger charge is -2.12. The molecule has 0 bridgehead atoms. The molecule has 1 aliphatic heterocycles. The standard InChI is InChI=1S/C18H13NO2S2/c1-12-6-5-9-14(10-12)16(20)19-17(21)15(23-18(19)22)11-13-7-3-2-4-8-13/h2-11H,1H3/b15-11+. The van der Waals surface area contributed by atoms with Crippen LogP contribution in [-0.4, -0.2) is 21.0 Å². The number of imide groups is 1. The second kappa shape index (κ2) is 6.48. The molecule has 1 heterocycles. The van der Waals surface area contributed by atoms with E-state index in [0.29, 0.717) is 10.5 Å². The lowest BCUT2D eigenvalue weighted by atomic mass is 10.1. The number of hydrogen-bond acceptors (Lipinski definition) is 4. The summed E-state index contributed by atoms with van der Waals surface area (Å²) in [4.78, 5) is 26.7. The van der Waals surface area contributed by atoms with Gasteiger partial charge in [-0.05, 0) is 30.7 Å². The van der Waals surface area contributed by atoms with E-state index in [9.17, 15) is 9.59 Å². The fourth-order valence-electron chi connectivity index (χ4n) is 2.25. The average Bonchev–Trinajstić information content (AvgIpc) is 2.82. The van der Waals surface area contributed by atoms with E-state index in [2.05, 4.69) is 0 Å². The first-order valence-electron chi connectivity index (χ1n) is 7.00. The fourth-order valence-corrected chi connectivity index (χ4v) is 3.50. The van der Waals surface area contributed by atoms with Gasteiger partial charge >= 0.3 is 0 Å². The Labute approximate surface area is 144 Å². The third-order valence-corrected chi connectivity index (χ3v) is 4.66. The van der Waals surface area contributed by atoms with Crippen LogP contribution in [-0.2, 0) is 4.79 Å². The highest BCUT2D eigenvalue weighted by atomic mass is 32.2. The quantitative estimate of drug-likeness (QED) is 0.470. The Bertz CT molecular complexity index is 828. The summed E-state index contributed by atoms with van der Waals surface area (Å²) in [7, 11) is 0. The molecular weight excluding hydrogens is 326 g/mol. The number of carbonyl (C=O) groups is 2. The van der Waals surface area contributed by atoms with Gasteiger partial charge < -0.3 is 0 Å². The van der Waals surface area contributed by atoms with Gasteiger partial charge in [-0.2, -0.15) is 0 Å². The van der Waals surface area contributed by atoms with Crippen LogP contribution in [0.5, 0.6) is 0 Å². The zero-order valence-corrected chi connectivity index (χ0v) is 14.0. The minimum atomic E-state index is -0.382. The predicted octanol–water partition coefficient (Wildman–Crippen LogP) is 4.04. The average molecular weight is 339 g/mol. The summed E-state index contributed by atoms with van der Waals surface area (Å²) in [6, 6.07) is 16.6. The van der Waals surface area contributed by atoms with E-state index in [-0.39, 0.29) is 16.1 Å². The third kappa shape index (κ3) is 3.25. The largest absolute Gasteiger partial charge is 0.273 e. The summed E-state index contributed by atoms with van der Waals surface area (Å²) in [6.45, 7) is 1.90. The van der Waals surface area contributed by atoms with Crippen molar-refractivity contribution in [3.05, 3.63) is 76.2 Å². The lowest BCUT2D eigenvalue weighted by Crippen LogP contribution is -2.34. The molecule has 0 saturated carbocycles. The van der Waals surface area contributed by atoms with E-state index >= 15 is 0 Å². The number of benzene rings is 2. The molecule has 1 fully saturated rings. The van der Waals surface area contributed by atoms with Crippen LogP contribution in [0.4, 0.5) is 0 Å². The van der Waals surface area contributed by atoms with Gasteiger partial charge in [-0.15, -0.1) is 0 Å². The van der Waals surface area contributed by atoms with Gasteiger partial charge in [0.05, 0.1) is 4.91 Å². The van der Waals surface area contributed by atoms with Gasteiger partial charge in [0, 0.05) is 5.56 Å². The molecule has 0 N–H and O–H groups in total. The van der Waals surface area contributed by atoms with E-state index in [1.54, 1.807) is 24.3 Å². The number of amides is 2. The maximum atomic E-state index is 12.6. The first-order valence-corrected chi connectivity index (χ1v) is 8.23. The van der Waals surface area contributed by atoms with Crippen molar-refractivity contribution in [2.24, 2.45) is 0 Å². The molecule has 23 heavy (non-hydrogen) atoms. The molecule has 0 aliphatic carbocycles. The van der Waals surface area contributed by atoms with Crippen LogP contribution in [0.25, 0.3) is 6.08 Å². The summed E-state index contributed by atoms with van der Waals surface area (Å²) >= 11 is 6.38. The molecule has 1 saturated heterocycles. The molecule has 0 spiro atoms. The minimum absolute atomic E-state index is 0.267. The topological polar surface area (TPSA) is 37.4 Å². The van der Waals surface area contributed by atoms with Gasteiger partial charge in [-0.3, -0.25) is 9.59 Å². The molecule has 114 valence electrons. The maximum absolute atomic E-state index is 12.6. The Hall–Kier alpha value is -2.24. The van der Waals surface area contributed by atoms with Crippen molar-refractivity contribution in [1.82, 2.24) is 4.90 Å². The molecule has 3 nitrogen and oxygen atoms in total. The Kier molecular flexibility index (Phi) is 4.41. The first-order chi connectivity index (χ1) is 11.1. The van der Waals surface area contributed by atoms with Crippen molar-refractivity contribution in [3.63, 3.8) is 0 Å². The molecule has 2 aromatic carbocycles. The third-order valence-electron chi connectivity index (χ3n) is 3.36. The second-order valence-electron chi connectivity index (χ2n) is 5.10. The van der Waals surface area contributed by atoms with E-state index in [0.717, 1.165) is 27.8 Å². The molecule has 2 amide bonds. The Morgan fingerprint density at radius 3 is 2.57 bits per heavy atom. The van der Waals surface area contributed by atoms with Gasteiger partial charge in [-0.25, -0.2) is 4.90 Å². The molecular formula is C18H13NO2S2. The normalized spacial score (nSPS) is 16.2. The summed E-state index contributed by atoms with van der Waals surface area (Å²) < 4.78 is 0.267. The highest BCUT2D eigenvalue weighted by Crippen LogP contribution is 2.33. The number of aryl methyl sites for hydroxylation is 1. The number of thiocarbonyl (C=S) groups is 1. The smallest absolute Gasteiger partial charge is 0.268 e. The molecule has 2 aromatic rings. The monoisotopic (exact) mass is 339 g/mol. The van der Waals surface area contributed by atoms with Crippen LogP contribution in [0.2, 0.25) is 0 Å². The number of thioether (sulfide) groups is 1. The van der Waals surface area contributed by atoms with Crippen molar-refractivity contribution >= 4 is 46.2 Å². The second-order valence-corrected chi connectivity index (χ2v) is 6.78. The lowest BCUT2D eigenvalue weighted by molar-refractivity contribution is -0.120. The van der Waals surface area contributed by atoms with Gasteiger partial charge in [-0.1, -0.05) is 72.0 Å². The molecule has 0 unspecified atom stereocenters. The molecule has 0 atom stereocenters. The molecule has 0 radical (unpaired) electrons. The number of hydrogen-bond donors (Lipinski definition) is 0. The van der Waals surface area contributed by atoms with Crippen molar-refractivity contribution in [2.45, 2.75) is 6.92 Å². The summed E-state index contributed by atoms with van der Waals surface area (Å²) in [6.07, 6.45) is 1.75. The van der Waals surface area contributed by atoms with Gasteiger partial charge in [0.25, 0.3) is 11.8 Å². The maximum Gasteiger partial charge on any atom is 0.273 e. The van der Waals surface area contributed by atoms with E-state index in [1.807, 2.05) is 43.3 Å². The minimum Gasteiger partial charge on any atom is -0.268 e. The Morgan fingerprint density at radius 2 is 1.87 bits per heavy atom. The SMILES string of the molecule is Cc1cccc(C(=O)N2C(=O)/C(=C\c3ccccc3)SC2=S)c1. The molecule has 5 heteroatoms. The van der Waals surface area contributed by atoms with E-state index in [4.69, 9.17) is 12.2 Å². The van der Waals surface area contributed by atoms with Crippen LogP contribution < -0.4 is 0 Å². The van der Waals surface area contributed by atoms with E-state index in [1.165, 1.54) is 0 Å². The van der Waals surface area contributed by atoms with Crippen molar-refractivity contribution in [1.29, 1.82) is 0 Å². The Balaban J connectivity index is 1.90.